The van der Waals surface area contributed by atoms with E-state index in [1.54, 1.807) is 31.2 Å². The van der Waals surface area contributed by atoms with Crippen LogP contribution in [0.15, 0.2) is 36.7 Å². The second kappa shape index (κ2) is 5.28. The third-order valence-corrected chi connectivity index (χ3v) is 6.38. The second-order valence-corrected chi connectivity index (χ2v) is 8.65. The normalized spacial score (nSPS) is 11.5. The Hall–Kier alpha value is -0.440. The fourth-order valence-corrected chi connectivity index (χ4v) is 4.46. The average molecular weight is 412 g/mol. The molecule has 0 bridgehead atoms. The van der Waals surface area contributed by atoms with Crippen LogP contribution in [-0.2, 0) is 10.0 Å². The van der Waals surface area contributed by atoms with Crippen LogP contribution in [0.3, 0.4) is 0 Å². The van der Waals surface area contributed by atoms with Crippen LogP contribution >= 0.6 is 43.2 Å². The number of aromatic nitrogens is 1. The van der Waals surface area contributed by atoms with E-state index in [2.05, 4.69) is 41.6 Å². The first-order valence-corrected chi connectivity index (χ1v) is 8.68. The van der Waals surface area contributed by atoms with Crippen LogP contribution in [0.5, 0.6) is 0 Å². The molecule has 2 aromatic rings. The molecule has 1 N–H and O–H groups in total. The van der Waals surface area contributed by atoms with Gasteiger partial charge in [-0.15, -0.1) is 11.3 Å². The van der Waals surface area contributed by atoms with Crippen molar-refractivity contribution in [1.82, 2.24) is 4.98 Å². The molecule has 0 fully saturated rings. The van der Waals surface area contributed by atoms with E-state index in [-0.39, 0.29) is 4.21 Å². The first kappa shape index (κ1) is 14.0. The summed E-state index contributed by atoms with van der Waals surface area (Å²) in [5, 5.41) is 0. The van der Waals surface area contributed by atoms with E-state index in [1.807, 2.05) is 0 Å². The zero-order valence-corrected chi connectivity index (χ0v) is 14.0. The Morgan fingerprint density at radius 1 is 1.22 bits per heavy atom. The fraction of sp³-hybridized carbons (Fsp3) is 0.100. The number of nitrogens with zero attached hydrogens (tertiary/aromatic N) is 1. The molecular weight excluding hydrogens is 404 g/mol. The predicted molar refractivity (Wildman–Crippen MR) is 79.5 cm³/mol. The monoisotopic (exact) mass is 410 g/mol. The highest BCUT2D eigenvalue weighted by molar-refractivity contribution is 9.11. The molecule has 0 radical (unpaired) electrons. The molecule has 2 heterocycles. The Kier molecular flexibility index (Phi) is 4.10. The largest absolute Gasteiger partial charge is 0.272 e. The van der Waals surface area contributed by atoms with Crippen LogP contribution in [0, 0.1) is 6.92 Å². The van der Waals surface area contributed by atoms with Crippen molar-refractivity contribution in [2.75, 3.05) is 4.72 Å². The highest BCUT2D eigenvalue weighted by Gasteiger charge is 2.17. The van der Waals surface area contributed by atoms with Crippen molar-refractivity contribution in [3.8, 4) is 0 Å². The minimum absolute atomic E-state index is 0.247. The molecule has 4 nitrogen and oxygen atoms in total. The van der Waals surface area contributed by atoms with E-state index >= 15 is 0 Å². The predicted octanol–water partition coefficient (Wildman–Crippen LogP) is 3.78. The number of aryl methyl sites for hydroxylation is 1. The van der Waals surface area contributed by atoms with Crippen LogP contribution in [0.1, 0.15) is 5.69 Å². The highest BCUT2D eigenvalue weighted by atomic mass is 79.9. The summed E-state index contributed by atoms with van der Waals surface area (Å²) in [6.07, 6.45) is 0. The molecule has 2 rings (SSSR count). The molecule has 0 amide bonds. The number of sulfonamides is 1. The molecule has 96 valence electrons. The lowest BCUT2D eigenvalue weighted by atomic mass is 10.4. The Morgan fingerprint density at radius 2 is 1.94 bits per heavy atom. The molecule has 2 aromatic heterocycles. The van der Waals surface area contributed by atoms with Crippen molar-refractivity contribution in [3.05, 3.63) is 38.2 Å². The summed E-state index contributed by atoms with van der Waals surface area (Å²) in [5.41, 5.74) is 0.725. The van der Waals surface area contributed by atoms with Gasteiger partial charge in [0.25, 0.3) is 10.0 Å². The zero-order valence-electron chi connectivity index (χ0n) is 9.15. The lowest BCUT2D eigenvalue weighted by Gasteiger charge is -2.06. The summed E-state index contributed by atoms with van der Waals surface area (Å²) in [4.78, 5) is 4.15. The van der Waals surface area contributed by atoms with E-state index in [0.29, 0.717) is 5.82 Å². The highest BCUT2D eigenvalue weighted by Crippen LogP contribution is 2.27. The van der Waals surface area contributed by atoms with Gasteiger partial charge in [0.15, 0.2) is 0 Å². The van der Waals surface area contributed by atoms with Gasteiger partial charge in [0.2, 0.25) is 0 Å². The second-order valence-electron chi connectivity index (χ2n) is 3.43. The molecule has 0 spiro atoms. The van der Waals surface area contributed by atoms with Gasteiger partial charge in [-0.2, -0.15) is 0 Å². The maximum Gasteiger partial charge on any atom is 0.272 e. The summed E-state index contributed by atoms with van der Waals surface area (Å²) in [7, 11) is -3.56. The third kappa shape index (κ3) is 3.11. The molecule has 8 heteroatoms. The van der Waals surface area contributed by atoms with Gasteiger partial charge in [-0.3, -0.25) is 4.72 Å². The number of hydrogen-bond donors (Lipinski definition) is 1. The lowest BCUT2D eigenvalue weighted by Crippen LogP contribution is -2.12. The summed E-state index contributed by atoms with van der Waals surface area (Å²) < 4.78 is 28.4. The van der Waals surface area contributed by atoms with Crippen molar-refractivity contribution in [1.29, 1.82) is 0 Å². The number of anilines is 1. The van der Waals surface area contributed by atoms with Crippen LogP contribution in [0.2, 0.25) is 0 Å². The van der Waals surface area contributed by atoms with E-state index in [1.165, 1.54) is 0 Å². The van der Waals surface area contributed by atoms with Crippen molar-refractivity contribution in [2.45, 2.75) is 11.1 Å². The number of thiophene rings is 1. The number of halogens is 2. The zero-order chi connectivity index (χ0) is 13.3. The van der Waals surface area contributed by atoms with Gasteiger partial charge in [0.05, 0.1) is 9.48 Å². The lowest BCUT2D eigenvalue weighted by molar-refractivity contribution is 0.603. The molecule has 0 aliphatic heterocycles. The maximum absolute atomic E-state index is 12.0. The topological polar surface area (TPSA) is 59.1 Å². The molecule has 0 unspecified atom stereocenters. The Labute approximate surface area is 126 Å². The summed E-state index contributed by atoms with van der Waals surface area (Å²) in [6, 6.07) is 6.60. The Balaban J connectivity index is 2.30. The number of nitrogens with one attached hydrogen (secondary N) is 1. The fourth-order valence-electron chi connectivity index (χ4n) is 1.23. The van der Waals surface area contributed by atoms with Gasteiger partial charge in [-0.25, -0.2) is 13.4 Å². The first-order chi connectivity index (χ1) is 8.38. The van der Waals surface area contributed by atoms with Crippen molar-refractivity contribution in [2.24, 2.45) is 0 Å². The first-order valence-electron chi connectivity index (χ1n) is 4.80. The van der Waals surface area contributed by atoms with Crippen molar-refractivity contribution in [3.63, 3.8) is 0 Å². The maximum atomic E-state index is 12.0. The average Bonchev–Trinajstić information content (AvgIpc) is 2.71. The van der Waals surface area contributed by atoms with Gasteiger partial charge in [0, 0.05) is 4.47 Å². The van der Waals surface area contributed by atoms with Crippen LogP contribution in [0.4, 0.5) is 5.82 Å². The third-order valence-electron chi connectivity index (χ3n) is 2.07. The summed E-state index contributed by atoms with van der Waals surface area (Å²) >= 11 is 7.70. The SMILES string of the molecule is Cc1nc(NS(=O)(=O)c2ccc(Br)s2)ccc1Br. The van der Waals surface area contributed by atoms with E-state index < -0.39 is 10.0 Å². The molecule has 0 aliphatic carbocycles. The molecule has 0 atom stereocenters. The number of pyridine rings is 1. The van der Waals surface area contributed by atoms with E-state index in [9.17, 15) is 8.42 Å². The van der Waals surface area contributed by atoms with Gasteiger partial charge >= 0.3 is 0 Å². The number of rotatable bonds is 3. The molecule has 18 heavy (non-hydrogen) atoms. The molecular formula is C10H8Br2N2O2S2. The quantitative estimate of drug-likeness (QED) is 0.835. The number of hydrogen-bond acceptors (Lipinski definition) is 4. The van der Waals surface area contributed by atoms with Crippen LogP contribution in [0.25, 0.3) is 0 Å². The van der Waals surface area contributed by atoms with Gasteiger partial charge in [-0.05, 0) is 63.0 Å². The van der Waals surface area contributed by atoms with Crippen molar-refractivity contribution >= 4 is 59.0 Å². The van der Waals surface area contributed by atoms with Gasteiger partial charge in [0.1, 0.15) is 10.0 Å². The van der Waals surface area contributed by atoms with E-state index in [0.717, 1.165) is 25.3 Å². The minimum Gasteiger partial charge on any atom is -0.263 e. The standard InChI is InChI=1S/C10H8Br2N2O2S2/c1-6-7(11)2-4-9(13-6)14-18(15,16)10-5-3-8(12)17-10/h2-5H,1H3,(H,13,14). The molecule has 0 saturated heterocycles. The summed E-state index contributed by atoms with van der Waals surface area (Å²) in [6.45, 7) is 1.80. The molecule has 0 saturated carbocycles. The van der Waals surface area contributed by atoms with Gasteiger partial charge < -0.3 is 0 Å². The smallest absolute Gasteiger partial charge is 0.263 e. The van der Waals surface area contributed by atoms with Gasteiger partial charge in [-0.1, -0.05) is 0 Å². The minimum atomic E-state index is -3.56. The van der Waals surface area contributed by atoms with Crippen LogP contribution < -0.4 is 4.72 Å². The Bertz CT molecular complexity index is 683. The Morgan fingerprint density at radius 3 is 2.50 bits per heavy atom. The van der Waals surface area contributed by atoms with Crippen molar-refractivity contribution < 1.29 is 8.42 Å². The van der Waals surface area contributed by atoms with E-state index in [4.69, 9.17) is 0 Å². The summed E-state index contributed by atoms with van der Waals surface area (Å²) in [5.74, 6) is 0.306. The molecule has 0 aromatic carbocycles. The van der Waals surface area contributed by atoms with Crippen LogP contribution in [-0.4, -0.2) is 13.4 Å². The molecule has 0 aliphatic rings.